The van der Waals surface area contributed by atoms with Gasteiger partial charge >= 0.3 is 5.97 Å². The lowest BCUT2D eigenvalue weighted by Gasteiger charge is -2.55. The highest BCUT2D eigenvalue weighted by atomic mass is 16.5. The van der Waals surface area contributed by atoms with Gasteiger partial charge in [-0.2, -0.15) is 0 Å². The number of piperidine rings is 1. The molecule has 0 saturated carbocycles. The molecule has 105 heavy (non-hydrogen) atoms. The van der Waals surface area contributed by atoms with Crippen LogP contribution in [0.5, 0.6) is 0 Å². The summed E-state index contributed by atoms with van der Waals surface area (Å²) in [5, 5.41) is 43.4. The van der Waals surface area contributed by atoms with Gasteiger partial charge in [-0.3, -0.25) is 62.3 Å². The van der Waals surface area contributed by atoms with Crippen LogP contribution in [0, 0.1) is 0 Å². The molecule has 7 heterocycles. The second kappa shape index (κ2) is 36.7. The second-order valence-electron chi connectivity index (χ2n) is 31.3. The highest BCUT2D eigenvalue weighted by molar-refractivity contribution is 6.02. The molecule has 7 aliphatic heterocycles. The van der Waals surface area contributed by atoms with E-state index in [9.17, 15) is 72.6 Å². The van der Waals surface area contributed by atoms with Gasteiger partial charge < -0.3 is 100 Å². The molecule has 0 aromatic heterocycles. The maximum atomic E-state index is 15.2. The van der Waals surface area contributed by atoms with Gasteiger partial charge in [0.25, 0.3) is 0 Å². The van der Waals surface area contributed by atoms with Crippen molar-refractivity contribution < 1.29 is 77.4 Å². The molecule has 0 aromatic carbocycles. The number of hydroxylamine groups is 2. The van der Waals surface area contributed by atoms with Gasteiger partial charge in [-0.15, -0.1) is 10.3 Å². The summed E-state index contributed by atoms with van der Waals surface area (Å²) in [5.74, 6) is -9.12. The van der Waals surface area contributed by atoms with E-state index in [0.717, 1.165) is 5.06 Å². The molecule has 7 saturated heterocycles. The molecule has 7 rings (SSSR count). The Kier molecular flexibility index (Phi) is 29.6. The van der Waals surface area contributed by atoms with Gasteiger partial charge in [-0.1, -0.05) is 0 Å². The second-order valence-corrected chi connectivity index (χ2v) is 31.3. The highest BCUT2D eigenvalue weighted by Crippen LogP contribution is 2.44. The topological polar surface area (TPSA) is 516 Å². The van der Waals surface area contributed by atoms with Crippen LogP contribution in [0.2, 0.25) is 0 Å². The first-order valence-corrected chi connectivity index (χ1v) is 37.8. The third kappa shape index (κ3) is 20.1. The fraction of sp³-hybridized carbons (Fsp3) is 0.800. The van der Waals surface area contributed by atoms with Crippen molar-refractivity contribution >= 4 is 82.8 Å². The van der Waals surface area contributed by atoms with Crippen LogP contribution in [-0.2, 0) is 72.3 Å². The van der Waals surface area contributed by atoms with Crippen molar-refractivity contribution in [2.24, 2.45) is 28.7 Å². The Hall–Kier alpha value is -7.70. The molecule has 12 atom stereocenters. The minimum absolute atomic E-state index is 0.0693. The predicted octanol–water partition coefficient (Wildman–Crippen LogP) is -3.49. The average Bonchev–Trinajstić information content (AvgIpc) is 1.60. The highest BCUT2D eigenvalue weighted by Gasteiger charge is 2.59. The summed E-state index contributed by atoms with van der Waals surface area (Å²) in [5.41, 5.74) is 22.9. The number of hydrogen-bond donors (Lipinski definition) is 13. The van der Waals surface area contributed by atoms with Crippen LogP contribution in [0.25, 0.3) is 0 Å². The van der Waals surface area contributed by atoms with Crippen LogP contribution >= 0.6 is 0 Å². The van der Waals surface area contributed by atoms with Crippen LogP contribution in [0.1, 0.15) is 197 Å². The zero-order valence-corrected chi connectivity index (χ0v) is 62.6. The molecule has 0 unspecified atom stereocenters. The fourth-order valence-electron chi connectivity index (χ4n) is 16.5. The lowest BCUT2D eigenvalue weighted by atomic mass is 9.69. The standard InChI is InChI=1S/C70H118N19O16/c1-41(53(90)78-44(20-10-30-72)55(92)80-46(64(101)102)22-12-32-74)76-57(94)47-23-13-33-83(47)60(97)50-26-16-36-86(50)62(99)49-25-15-35-85(49)59(96)42(2)77-58(95)48-24-14-34-84(48)61(98)51-27-17-37-87(51)63(100)52-28-18-38-88(52)66(104)69(7,8)82-65(103)70(39-67(3,4)89(105)68(5,6)40-70)81-56(93)45(21-11-31-73)79-54(91)43(75)19-9-29-71/h41-52H,9-40,71-75H2,1-8H3,(H,76,94)(H,77,95)(H,78,90)(H,79,91)(H,80,92)(H,81,93)(H,82,103)(H,101,102)/t41-,42-,43-,44-,45-,46-,47-,48-,49-,50-,51-,52-/m0/s1. The van der Waals surface area contributed by atoms with Gasteiger partial charge in [0.05, 0.1) is 6.04 Å². The molecule has 35 nitrogen and oxygen atoms in total. The molecule has 35 heteroatoms. The Morgan fingerprint density at radius 1 is 0.448 bits per heavy atom. The number of hydrogen-bond acceptors (Lipinski definition) is 20. The van der Waals surface area contributed by atoms with Crippen LogP contribution in [0.4, 0.5) is 0 Å². The van der Waals surface area contributed by atoms with Gasteiger partial charge in [0.1, 0.15) is 77.5 Å². The van der Waals surface area contributed by atoms with Gasteiger partial charge in [0.15, 0.2) is 0 Å². The Bertz CT molecular complexity index is 3170. The summed E-state index contributed by atoms with van der Waals surface area (Å²) in [7, 11) is 0. The van der Waals surface area contributed by atoms with Crippen molar-refractivity contribution in [3.63, 3.8) is 0 Å². The predicted molar refractivity (Wildman–Crippen MR) is 381 cm³/mol. The first kappa shape index (κ1) is 84.6. The largest absolute Gasteiger partial charge is 0.480 e. The molecular formula is C70H118N19O16. The van der Waals surface area contributed by atoms with Crippen molar-refractivity contribution in [2.45, 2.75) is 291 Å². The normalized spacial score (nSPS) is 24.6. The van der Waals surface area contributed by atoms with Gasteiger partial charge in [-0.25, -0.2) is 4.79 Å². The van der Waals surface area contributed by atoms with Crippen molar-refractivity contribution in [3.8, 4) is 0 Å². The van der Waals surface area contributed by atoms with Crippen molar-refractivity contribution in [1.29, 1.82) is 0 Å². The zero-order valence-electron chi connectivity index (χ0n) is 62.6. The Morgan fingerprint density at radius 3 is 1.23 bits per heavy atom. The van der Waals surface area contributed by atoms with Crippen LogP contribution < -0.4 is 65.9 Å². The molecule has 0 bridgehead atoms. The quantitative estimate of drug-likeness (QED) is 0.0303. The summed E-state index contributed by atoms with van der Waals surface area (Å²) in [6.07, 6.45) is 5.79. The molecule has 589 valence electrons. The Morgan fingerprint density at radius 2 is 0.790 bits per heavy atom. The first-order chi connectivity index (χ1) is 49.5. The summed E-state index contributed by atoms with van der Waals surface area (Å²) >= 11 is 0. The van der Waals surface area contributed by atoms with Gasteiger partial charge in [-0.05, 0) is 223 Å². The van der Waals surface area contributed by atoms with E-state index < -0.39 is 177 Å². The van der Waals surface area contributed by atoms with E-state index >= 15 is 4.79 Å². The minimum atomic E-state index is -1.82. The molecule has 18 N–H and O–H groups in total. The monoisotopic (exact) mass is 1480 g/mol. The maximum Gasteiger partial charge on any atom is 0.326 e. The minimum Gasteiger partial charge on any atom is -0.480 e. The van der Waals surface area contributed by atoms with Crippen molar-refractivity contribution in [2.75, 3.05) is 65.4 Å². The number of nitrogens with zero attached hydrogens (tertiary/aromatic N) is 7. The molecule has 0 aliphatic carbocycles. The number of rotatable bonds is 33. The van der Waals surface area contributed by atoms with E-state index in [1.165, 1.54) is 57.1 Å². The van der Waals surface area contributed by atoms with E-state index in [1.807, 2.05) is 0 Å². The summed E-state index contributed by atoms with van der Waals surface area (Å²) in [6.45, 7) is 14.4. The van der Waals surface area contributed by atoms with Crippen LogP contribution in [0.3, 0.4) is 0 Å². The van der Waals surface area contributed by atoms with Crippen molar-refractivity contribution in [3.05, 3.63) is 0 Å². The van der Waals surface area contributed by atoms with E-state index in [1.54, 1.807) is 27.7 Å². The molecule has 7 fully saturated rings. The maximum absolute atomic E-state index is 15.2. The molecule has 0 spiro atoms. The Labute approximate surface area is 615 Å². The number of aliphatic carboxylic acids is 1. The van der Waals surface area contributed by atoms with Gasteiger partial charge in [0.2, 0.25) is 76.8 Å². The summed E-state index contributed by atoms with van der Waals surface area (Å²) in [6, 6.07) is -12.9. The number of likely N-dealkylation sites (tertiary alicyclic amines) is 6. The first-order valence-electron chi connectivity index (χ1n) is 37.8. The van der Waals surface area contributed by atoms with Crippen LogP contribution in [-0.4, -0.2) is 282 Å². The van der Waals surface area contributed by atoms with E-state index in [-0.39, 0.29) is 136 Å². The smallest absolute Gasteiger partial charge is 0.326 e. The van der Waals surface area contributed by atoms with Crippen molar-refractivity contribution in [1.82, 2.24) is 71.7 Å². The number of carboxylic acids is 1. The van der Waals surface area contributed by atoms with E-state index in [4.69, 9.17) is 28.7 Å². The van der Waals surface area contributed by atoms with Gasteiger partial charge in [0, 0.05) is 50.3 Å². The lowest BCUT2D eigenvalue weighted by Crippen LogP contribution is -2.75. The van der Waals surface area contributed by atoms with E-state index in [2.05, 4.69) is 37.2 Å². The van der Waals surface area contributed by atoms with E-state index in [0.29, 0.717) is 70.8 Å². The lowest BCUT2D eigenvalue weighted by molar-refractivity contribution is -0.295. The number of amides is 13. The number of nitrogens with two attached hydrogens (primary N) is 5. The van der Waals surface area contributed by atoms with Crippen LogP contribution in [0.15, 0.2) is 0 Å². The zero-order chi connectivity index (χ0) is 77.6. The molecule has 1 radical (unpaired) electrons. The fourth-order valence-corrected chi connectivity index (χ4v) is 16.5. The molecular weight excluding hydrogens is 1360 g/mol. The third-order valence-corrected chi connectivity index (χ3v) is 21.8. The Balaban J connectivity index is 0.954. The summed E-state index contributed by atoms with van der Waals surface area (Å²) in [4.78, 5) is 206. The molecule has 0 aromatic rings. The summed E-state index contributed by atoms with van der Waals surface area (Å²) < 4.78 is 0. The number of carbonyl (C=O) groups is 14. The number of carbonyl (C=O) groups excluding carboxylic acids is 13. The third-order valence-electron chi connectivity index (χ3n) is 21.8. The molecule has 7 aliphatic rings. The number of nitrogens with one attached hydrogen (secondary N) is 7. The number of carboxylic acid groups (broad SMARTS) is 1. The average molecular weight is 1480 g/mol. The SMILES string of the molecule is C[C@H](NC(=O)[C@@H]1CCCN1C(=O)[C@@H]1CCCN1C(=O)[C@@H]1CCCN1C(=O)[C@H](C)NC(=O)[C@@H]1CCCN1C(=O)[C@@H]1CCCN1C(=O)[C@@H]1CCCN1C(=O)C(C)(C)NC(=O)C1(NC(=O)[C@H](CCCN)NC(=O)[C@@H](N)CCCN)CC(C)(C)N([O])C(C)(C)C1)C(=O)N[C@@H](CCCN)C(=O)N[C@@H](CCCN)C(=O)O. The molecule has 13 amide bonds.